The Balaban J connectivity index is 2.74. The van der Waals surface area contributed by atoms with Crippen LogP contribution in [0.4, 0.5) is 13.2 Å². The molecule has 0 aliphatic rings. The molecule has 20 heavy (non-hydrogen) atoms. The molecule has 0 radical (unpaired) electrons. The number of benzene rings is 1. The van der Waals surface area contributed by atoms with Crippen molar-refractivity contribution in [3.63, 3.8) is 0 Å². The number of halogens is 3. The van der Waals surface area contributed by atoms with Crippen molar-refractivity contribution in [2.24, 2.45) is 0 Å². The highest BCUT2D eigenvalue weighted by molar-refractivity contribution is 7.85. The van der Waals surface area contributed by atoms with Gasteiger partial charge in [0.1, 0.15) is 11.6 Å². The molecular formula is C12H16F3NO3S. The third-order valence-corrected chi connectivity index (χ3v) is 3.54. The first kappa shape index (κ1) is 16.9. The maximum Gasteiger partial charge on any atom is 0.276 e. The lowest BCUT2D eigenvalue weighted by Crippen LogP contribution is -2.46. The lowest BCUT2D eigenvalue weighted by Gasteiger charge is -2.29. The second-order valence-electron chi connectivity index (χ2n) is 5.07. The van der Waals surface area contributed by atoms with Gasteiger partial charge in [-0.3, -0.25) is 4.55 Å². The Labute approximate surface area is 115 Å². The van der Waals surface area contributed by atoms with Gasteiger partial charge in [0.25, 0.3) is 16.0 Å². The zero-order chi connectivity index (χ0) is 15.6. The summed E-state index contributed by atoms with van der Waals surface area (Å²) in [7, 11) is -4.76. The van der Waals surface area contributed by atoms with Crippen molar-refractivity contribution in [2.45, 2.75) is 25.3 Å². The van der Waals surface area contributed by atoms with E-state index < -0.39 is 39.7 Å². The first-order valence-corrected chi connectivity index (χ1v) is 7.36. The number of alkyl halides is 2. The highest BCUT2D eigenvalue weighted by atomic mass is 32.2. The molecule has 0 bridgehead atoms. The fourth-order valence-corrected chi connectivity index (χ4v) is 2.27. The van der Waals surface area contributed by atoms with E-state index in [1.807, 2.05) is 0 Å². The van der Waals surface area contributed by atoms with Gasteiger partial charge in [-0.05, 0) is 31.5 Å². The Kier molecular flexibility index (Phi) is 4.83. The van der Waals surface area contributed by atoms with Crippen molar-refractivity contribution in [1.82, 2.24) is 5.32 Å². The second kappa shape index (κ2) is 5.71. The largest absolute Gasteiger partial charge is 0.302 e. The molecule has 0 aliphatic heterocycles. The lowest BCUT2D eigenvalue weighted by atomic mass is 9.94. The molecule has 1 aromatic carbocycles. The molecule has 0 saturated heterocycles. The minimum Gasteiger partial charge on any atom is -0.302 e. The monoisotopic (exact) mass is 311 g/mol. The SMILES string of the molecule is CC(C)(NCC(F)(F)CS(=O)(=O)O)c1ccc(F)cc1. The maximum absolute atomic E-state index is 13.4. The summed E-state index contributed by atoms with van der Waals surface area (Å²) in [4.78, 5) is 0. The van der Waals surface area contributed by atoms with Gasteiger partial charge in [0.2, 0.25) is 0 Å². The number of hydrogen-bond donors (Lipinski definition) is 2. The van der Waals surface area contributed by atoms with E-state index in [0.29, 0.717) is 5.56 Å². The van der Waals surface area contributed by atoms with Crippen LogP contribution in [-0.4, -0.2) is 31.2 Å². The Morgan fingerprint density at radius 1 is 1.20 bits per heavy atom. The summed E-state index contributed by atoms with van der Waals surface area (Å²) in [6.45, 7) is 2.27. The Morgan fingerprint density at radius 2 is 1.70 bits per heavy atom. The van der Waals surface area contributed by atoms with Crippen molar-refractivity contribution < 1.29 is 26.1 Å². The molecule has 0 spiro atoms. The third-order valence-electron chi connectivity index (χ3n) is 2.75. The molecule has 0 fully saturated rings. The fourth-order valence-electron chi connectivity index (χ4n) is 1.64. The van der Waals surface area contributed by atoms with Gasteiger partial charge in [-0.1, -0.05) is 12.1 Å². The summed E-state index contributed by atoms with van der Waals surface area (Å²) < 4.78 is 69.0. The second-order valence-corrected chi connectivity index (χ2v) is 6.52. The smallest absolute Gasteiger partial charge is 0.276 e. The molecular weight excluding hydrogens is 295 g/mol. The summed E-state index contributed by atoms with van der Waals surface area (Å²) >= 11 is 0. The first-order valence-electron chi connectivity index (χ1n) is 5.75. The summed E-state index contributed by atoms with van der Waals surface area (Å²) in [5.74, 6) is -5.70. The molecule has 2 N–H and O–H groups in total. The molecule has 0 aliphatic carbocycles. The van der Waals surface area contributed by atoms with Crippen molar-refractivity contribution >= 4 is 10.1 Å². The standard InChI is InChI=1S/C12H16F3NO3S/c1-11(2,9-3-5-10(13)6-4-9)16-7-12(14,15)8-20(17,18)19/h3-6,16H,7-8H2,1-2H3,(H,17,18,19). The van der Waals surface area contributed by atoms with Gasteiger partial charge < -0.3 is 5.32 Å². The van der Waals surface area contributed by atoms with E-state index in [4.69, 9.17) is 4.55 Å². The fraction of sp³-hybridized carbons (Fsp3) is 0.500. The van der Waals surface area contributed by atoms with Crippen LogP contribution in [0.1, 0.15) is 19.4 Å². The Bertz CT molecular complexity index is 556. The van der Waals surface area contributed by atoms with Gasteiger partial charge in [-0.2, -0.15) is 8.42 Å². The molecule has 0 atom stereocenters. The molecule has 1 aromatic rings. The van der Waals surface area contributed by atoms with Gasteiger partial charge in [-0.15, -0.1) is 0 Å². The van der Waals surface area contributed by atoms with Gasteiger partial charge in [-0.25, -0.2) is 13.2 Å². The van der Waals surface area contributed by atoms with E-state index in [1.54, 1.807) is 13.8 Å². The van der Waals surface area contributed by atoms with Gasteiger partial charge in [0, 0.05) is 5.54 Å². The highest BCUT2D eigenvalue weighted by Gasteiger charge is 2.36. The number of nitrogens with one attached hydrogen (secondary N) is 1. The van der Waals surface area contributed by atoms with Gasteiger partial charge in [0.15, 0.2) is 0 Å². The van der Waals surface area contributed by atoms with E-state index in [-0.39, 0.29) is 0 Å². The van der Waals surface area contributed by atoms with E-state index in [9.17, 15) is 21.6 Å². The minimum atomic E-state index is -4.76. The lowest BCUT2D eigenvalue weighted by molar-refractivity contribution is 0.0177. The van der Waals surface area contributed by atoms with Crippen LogP contribution in [0.15, 0.2) is 24.3 Å². The van der Waals surface area contributed by atoms with Gasteiger partial charge in [0.05, 0.1) is 6.54 Å². The average Bonchev–Trinajstić information content (AvgIpc) is 2.24. The predicted octanol–water partition coefficient (Wildman–Crippen LogP) is 2.17. The van der Waals surface area contributed by atoms with Crippen LogP contribution in [0, 0.1) is 5.82 Å². The van der Waals surface area contributed by atoms with Crippen LogP contribution in [0.5, 0.6) is 0 Å². The van der Waals surface area contributed by atoms with Gasteiger partial charge >= 0.3 is 0 Å². The minimum absolute atomic E-state index is 0.443. The van der Waals surface area contributed by atoms with Crippen LogP contribution in [0.25, 0.3) is 0 Å². The van der Waals surface area contributed by atoms with Crippen LogP contribution in [0.3, 0.4) is 0 Å². The number of hydrogen-bond acceptors (Lipinski definition) is 3. The van der Waals surface area contributed by atoms with Crippen LogP contribution < -0.4 is 5.32 Å². The summed E-state index contributed by atoms with van der Waals surface area (Å²) in [6.07, 6.45) is 0. The average molecular weight is 311 g/mol. The molecule has 0 aromatic heterocycles. The Morgan fingerprint density at radius 3 is 2.15 bits per heavy atom. The molecule has 114 valence electrons. The van der Waals surface area contributed by atoms with E-state index in [0.717, 1.165) is 0 Å². The van der Waals surface area contributed by atoms with Crippen LogP contribution in [0.2, 0.25) is 0 Å². The van der Waals surface area contributed by atoms with Crippen LogP contribution in [-0.2, 0) is 15.7 Å². The quantitative estimate of drug-likeness (QED) is 0.790. The van der Waals surface area contributed by atoms with Crippen molar-refractivity contribution in [3.05, 3.63) is 35.6 Å². The van der Waals surface area contributed by atoms with E-state index in [1.165, 1.54) is 24.3 Å². The summed E-state index contributed by atoms with van der Waals surface area (Å²) in [5, 5.41) is 2.51. The summed E-state index contributed by atoms with van der Waals surface area (Å²) in [6, 6.07) is 5.30. The zero-order valence-corrected chi connectivity index (χ0v) is 11.8. The molecule has 0 amide bonds. The van der Waals surface area contributed by atoms with E-state index >= 15 is 0 Å². The summed E-state index contributed by atoms with van der Waals surface area (Å²) in [5.41, 5.74) is -0.336. The molecule has 1 rings (SSSR count). The third kappa shape index (κ3) is 5.48. The normalized spacial score (nSPS) is 13.5. The van der Waals surface area contributed by atoms with E-state index in [2.05, 4.69) is 5.32 Å². The van der Waals surface area contributed by atoms with Crippen molar-refractivity contribution in [3.8, 4) is 0 Å². The predicted molar refractivity (Wildman–Crippen MR) is 68.8 cm³/mol. The molecule has 0 heterocycles. The Hall–Kier alpha value is -1.12. The van der Waals surface area contributed by atoms with Crippen molar-refractivity contribution in [2.75, 3.05) is 12.3 Å². The molecule has 4 nitrogen and oxygen atoms in total. The molecule has 0 saturated carbocycles. The molecule has 8 heteroatoms. The number of rotatable bonds is 6. The first-order chi connectivity index (χ1) is 8.91. The van der Waals surface area contributed by atoms with Crippen molar-refractivity contribution in [1.29, 1.82) is 0 Å². The molecule has 0 unspecified atom stereocenters. The van der Waals surface area contributed by atoms with Crippen LogP contribution >= 0.6 is 0 Å². The zero-order valence-electron chi connectivity index (χ0n) is 11.0. The maximum atomic E-state index is 13.4. The topological polar surface area (TPSA) is 66.4 Å². The highest BCUT2D eigenvalue weighted by Crippen LogP contribution is 2.23.